The van der Waals surface area contributed by atoms with E-state index in [1.165, 1.54) is 19.2 Å². The molecule has 0 saturated heterocycles. The van der Waals surface area contributed by atoms with Crippen LogP contribution in [0.1, 0.15) is 16.2 Å². The minimum absolute atomic E-state index is 0.00430. The van der Waals surface area contributed by atoms with Crippen LogP contribution >= 0.6 is 11.6 Å². The Kier molecular flexibility index (Phi) is 6.30. The number of ether oxygens (including phenoxy) is 1. The van der Waals surface area contributed by atoms with Gasteiger partial charge in [0.25, 0.3) is 15.9 Å². The number of nitrogens with zero attached hydrogens (tertiary/aromatic N) is 3. The molecule has 1 amide bonds. The van der Waals surface area contributed by atoms with Gasteiger partial charge in [-0.25, -0.2) is 31.0 Å². The Balaban J connectivity index is 2.10. The molecule has 0 saturated carbocycles. The Morgan fingerprint density at radius 3 is 2.27 bits per heavy atom. The number of alkyl halides is 3. The van der Waals surface area contributed by atoms with E-state index in [0.717, 1.165) is 10.8 Å². The van der Waals surface area contributed by atoms with Crippen LogP contribution in [0.3, 0.4) is 0 Å². The zero-order valence-electron chi connectivity index (χ0n) is 15.9. The van der Waals surface area contributed by atoms with Crippen LogP contribution in [-0.2, 0) is 16.2 Å². The quantitative estimate of drug-likeness (QED) is 0.523. The zero-order valence-corrected chi connectivity index (χ0v) is 17.5. The molecule has 1 N–H and O–H groups in total. The minimum atomic E-state index is -5.43. The predicted molar refractivity (Wildman–Crippen MR) is 98.9 cm³/mol. The number of nitrogens with one attached hydrogen (secondary N) is 1. The van der Waals surface area contributed by atoms with Crippen molar-refractivity contribution in [3.8, 4) is 11.4 Å². The molecule has 176 valence electrons. The molecule has 0 aliphatic carbocycles. The monoisotopic (exact) mass is 514 g/mol. The fourth-order valence-corrected chi connectivity index (χ4v) is 3.92. The third-order valence-electron chi connectivity index (χ3n) is 3.99. The van der Waals surface area contributed by atoms with E-state index >= 15 is 0 Å². The van der Waals surface area contributed by atoms with Crippen LogP contribution in [0.2, 0.25) is 5.02 Å². The molecule has 0 radical (unpaired) electrons. The van der Waals surface area contributed by atoms with E-state index in [2.05, 4.69) is 10.3 Å². The van der Waals surface area contributed by atoms with Gasteiger partial charge in [0.1, 0.15) is 23.2 Å². The van der Waals surface area contributed by atoms with E-state index in [1.54, 1.807) is 0 Å². The molecule has 2 aromatic carbocycles. The lowest BCUT2D eigenvalue weighted by Gasteiger charge is -2.13. The first kappa shape index (κ1) is 24.3. The van der Waals surface area contributed by atoms with Crippen LogP contribution < -0.4 is 9.46 Å². The lowest BCUT2D eigenvalue weighted by Crippen LogP contribution is -2.33. The minimum Gasteiger partial charge on any atom is -0.497 e. The highest BCUT2D eigenvalue weighted by atomic mass is 35.5. The maximum Gasteiger partial charge on any atom is 0.435 e. The largest absolute Gasteiger partial charge is 0.497 e. The first-order valence-corrected chi connectivity index (χ1v) is 10.2. The van der Waals surface area contributed by atoms with Crippen LogP contribution in [0.25, 0.3) is 5.69 Å². The predicted octanol–water partition coefficient (Wildman–Crippen LogP) is 3.48. The van der Waals surface area contributed by atoms with Crippen molar-refractivity contribution < 1.29 is 44.3 Å². The van der Waals surface area contributed by atoms with Crippen molar-refractivity contribution in [2.24, 2.45) is 0 Å². The number of amides is 1. The highest BCUT2D eigenvalue weighted by Gasteiger charge is 2.43. The van der Waals surface area contributed by atoms with E-state index in [-0.39, 0.29) is 27.6 Å². The standard InChI is InChI=1S/C17H9ClF6N4O4S/c1-32-8-2-3-9(18)12(6-8)28-15(17(22,23)24)13(25-27-28)16(29)26-33(30,31)14-10(20)4-7(19)5-11(14)21/h2-6H,1H3,(H,26,29). The summed E-state index contributed by atoms with van der Waals surface area (Å²) in [6.45, 7) is 0. The topological polar surface area (TPSA) is 103 Å². The molecule has 0 unspecified atom stereocenters. The lowest BCUT2D eigenvalue weighted by atomic mass is 10.2. The summed E-state index contributed by atoms with van der Waals surface area (Å²) in [4.78, 5) is 10.6. The number of benzene rings is 2. The van der Waals surface area contributed by atoms with Gasteiger partial charge in [0.05, 0.1) is 17.8 Å². The van der Waals surface area contributed by atoms with Crippen LogP contribution in [0.4, 0.5) is 26.3 Å². The van der Waals surface area contributed by atoms with Crippen molar-refractivity contribution in [1.82, 2.24) is 19.7 Å². The highest BCUT2D eigenvalue weighted by molar-refractivity contribution is 7.90. The van der Waals surface area contributed by atoms with Crippen molar-refractivity contribution >= 4 is 27.5 Å². The van der Waals surface area contributed by atoms with E-state index in [0.29, 0.717) is 0 Å². The summed E-state index contributed by atoms with van der Waals surface area (Å²) in [7, 11) is -4.21. The molecular weight excluding hydrogens is 506 g/mol. The summed E-state index contributed by atoms with van der Waals surface area (Å²) in [5, 5.41) is 6.01. The van der Waals surface area contributed by atoms with E-state index in [1.807, 2.05) is 0 Å². The number of sulfonamides is 1. The highest BCUT2D eigenvalue weighted by Crippen LogP contribution is 2.35. The smallest absolute Gasteiger partial charge is 0.435 e. The summed E-state index contributed by atoms with van der Waals surface area (Å²) >= 11 is 5.91. The van der Waals surface area contributed by atoms with Crippen molar-refractivity contribution in [2.75, 3.05) is 7.11 Å². The SMILES string of the molecule is COc1ccc(Cl)c(-n2nnc(C(=O)NS(=O)(=O)c3c(F)cc(F)cc3F)c2C(F)(F)F)c1. The molecule has 1 heterocycles. The second kappa shape index (κ2) is 8.55. The van der Waals surface area contributed by atoms with Gasteiger partial charge in [0.15, 0.2) is 16.3 Å². The molecule has 0 fully saturated rings. The van der Waals surface area contributed by atoms with Crippen LogP contribution in [0.15, 0.2) is 35.2 Å². The first-order chi connectivity index (χ1) is 15.3. The molecule has 0 bridgehead atoms. The second-order valence-electron chi connectivity index (χ2n) is 6.15. The maximum absolute atomic E-state index is 13.8. The number of carbonyl (C=O) groups is 1. The van der Waals surface area contributed by atoms with Crippen molar-refractivity contribution in [3.05, 3.63) is 64.2 Å². The van der Waals surface area contributed by atoms with Gasteiger partial charge in [-0.1, -0.05) is 16.8 Å². The van der Waals surface area contributed by atoms with E-state index in [4.69, 9.17) is 16.3 Å². The molecule has 1 aromatic heterocycles. The summed E-state index contributed by atoms with van der Waals surface area (Å²) in [5.74, 6) is -7.26. The molecular formula is C17H9ClF6N4O4S. The lowest BCUT2D eigenvalue weighted by molar-refractivity contribution is -0.143. The Hall–Kier alpha value is -3.33. The first-order valence-electron chi connectivity index (χ1n) is 8.34. The molecule has 33 heavy (non-hydrogen) atoms. The summed E-state index contributed by atoms with van der Waals surface area (Å²) in [6, 6.07) is 3.53. The van der Waals surface area contributed by atoms with Gasteiger partial charge in [0, 0.05) is 18.2 Å². The number of carbonyl (C=O) groups excluding carboxylic acids is 1. The molecule has 16 heteroatoms. The average Bonchev–Trinajstić information content (AvgIpc) is 3.12. The normalized spacial score (nSPS) is 12.0. The van der Waals surface area contributed by atoms with Crippen LogP contribution in [-0.4, -0.2) is 36.4 Å². The van der Waals surface area contributed by atoms with Gasteiger partial charge in [-0.05, 0) is 12.1 Å². The third kappa shape index (κ3) is 4.73. The summed E-state index contributed by atoms with van der Waals surface area (Å²) in [6.07, 6.45) is -5.32. The molecule has 0 aliphatic rings. The number of rotatable bonds is 5. The third-order valence-corrected chi connectivity index (χ3v) is 5.70. The molecule has 3 aromatic rings. The number of hydrogen-bond acceptors (Lipinski definition) is 6. The molecule has 3 rings (SSSR count). The van der Waals surface area contributed by atoms with Gasteiger partial charge >= 0.3 is 6.18 Å². The number of methoxy groups -OCH3 is 1. The van der Waals surface area contributed by atoms with Crippen molar-refractivity contribution in [1.29, 1.82) is 0 Å². The molecule has 8 nitrogen and oxygen atoms in total. The fraction of sp³-hybridized carbons (Fsp3) is 0.118. The fourth-order valence-electron chi connectivity index (χ4n) is 2.65. The van der Waals surface area contributed by atoms with Crippen molar-refractivity contribution in [3.63, 3.8) is 0 Å². The summed E-state index contributed by atoms with van der Waals surface area (Å²) in [5.41, 5.74) is -3.81. The molecule has 0 atom stereocenters. The average molecular weight is 515 g/mol. The van der Waals surface area contributed by atoms with Gasteiger partial charge in [-0.15, -0.1) is 5.10 Å². The number of halogens is 7. The Morgan fingerprint density at radius 2 is 1.73 bits per heavy atom. The number of hydrogen-bond donors (Lipinski definition) is 1. The van der Waals surface area contributed by atoms with Gasteiger partial charge in [0.2, 0.25) is 0 Å². The van der Waals surface area contributed by atoms with E-state index < -0.39 is 61.5 Å². The van der Waals surface area contributed by atoms with Crippen molar-refractivity contribution in [2.45, 2.75) is 11.1 Å². The Labute approximate surface area is 185 Å². The Bertz CT molecular complexity index is 1340. The summed E-state index contributed by atoms with van der Waals surface area (Å²) < 4.78 is 113. The molecule has 0 spiro atoms. The van der Waals surface area contributed by atoms with Gasteiger partial charge in [-0.2, -0.15) is 13.2 Å². The second-order valence-corrected chi connectivity index (χ2v) is 8.17. The maximum atomic E-state index is 13.8. The van der Waals surface area contributed by atoms with Gasteiger partial charge < -0.3 is 4.74 Å². The molecule has 0 aliphatic heterocycles. The van der Waals surface area contributed by atoms with Gasteiger partial charge in [-0.3, -0.25) is 4.79 Å². The Morgan fingerprint density at radius 1 is 1.12 bits per heavy atom. The van der Waals surface area contributed by atoms with E-state index in [9.17, 15) is 39.6 Å². The number of aromatic nitrogens is 3. The zero-order chi connectivity index (χ0) is 24.7. The van der Waals surface area contributed by atoms with Crippen LogP contribution in [0.5, 0.6) is 5.75 Å². The van der Waals surface area contributed by atoms with Crippen LogP contribution in [0, 0.1) is 17.5 Å².